The average molecular weight is 245 g/mol. The maximum atomic E-state index is 11.4. The first-order valence-corrected chi connectivity index (χ1v) is 5.96. The molecule has 100 valence electrons. The number of amides is 2. The third kappa shape index (κ3) is 6.11. The minimum atomic E-state index is -1.20. The van der Waals surface area contributed by atoms with Crippen molar-refractivity contribution in [1.29, 1.82) is 0 Å². The van der Waals surface area contributed by atoms with Crippen LogP contribution in [0, 0.1) is 0 Å². The summed E-state index contributed by atoms with van der Waals surface area (Å²) in [7, 11) is 0. The lowest BCUT2D eigenvalue weighted by Crippen LogP contribution is -2.55. The fourth-order valence-electron chi connectivity index (χ4n) is 1.18. The third-order valence-corrected chi connectivity index (χ3v) is 2.63. The van der Waals surface area contributed by atoms with Crippen molar-refractivity contribution in [2.24, 2.45) is 0 Å². The summed E-state index contributed by atoms with van der Waals surface area (Å²) < 4.78 is 0. The first-order valence-electron chi connectivity index (χ1n) is 5.96. The van der Waals surface area contributed by atoms with Crippen LogP contribution in [-0.2, 0) is 4.79 Å². The van der Waals surface area contributed by atoms with Crippen LogP contribution in [0.4, 0.5) is 4.79 Å². The molecule has 0 rings (SSSR count). The summed E-state index contributed by atoms with van der Waals surface area (Å²) in [6.45, 7) is 7.49. The first kappa shape index (κ1) is 15.7. The lowest BCUT2D eigenvalue weighted by Gasteiger charge is -2.24. The van der Waals surface area contributed by atoms with Crippen molar-refractivity contribution in [1.82, 2.24) is 16.0 Å². The summed E-state index contributed by atoms with van der Waals surface area (Å²) in [6.07, 6.45) is 1.16. The van der Waals surface area contributed by atoms with E-state index in [1.165, 1.54) is 6.92 Å². The van der Waals surface area contributed by atoms with E-state index in [2.05, 4.69) is 16.0 Å². The number of carbonyl (C=O) groups excluding carboxylic acids is 1. The molecule has 0 aliphatic rings. The molecule has 0 aromatic heterocycles. The zero-order chi connectivity index (χ0) is 13.3. The first-order chi connectivity index (χ1) is 7.96. The minimum Gasteiger partial charge on any atom is -0.480 e. The molecule has 0 radical (unpaired) electrons. The van der Waals surface area contributed by atoms with Gasteiger partial charge in [-0.2, -0.15) is 0 Å². The molecular formula is C11H23N3O3. The molecule has 17 heavy (non-hydrogen) atoms. The van der Waals surface area contributed by atoms with Crippen molar-refractivity contribution >= 4 is 12.0 Å². The Hall–Kier alpha value is -1.30. The molecular weight excluding hydrogens is 222 g/mol. The van der Waals surface area contributed by atoms with E-state index in [1.54, 1.807) is 6.92 Å². The molecule has 0 aromatic carbocycles. The smallest absolute Gasteiger partial charge is 0.329 e. The lowest BCUT2D eigenvalue weighted by atomic mass is 10.00. The van der Waals surface area contributed by atoms with Crippen LogP contribution in [0.15, 0.2) is 0 Å². The standard InChI is InChI=1S/C11H23N3O3/c1-4-11(3,9(15)16)14-10(17)13-8-6-7-12-5-2/h12H,4-8H2,1-3H3,(H,15,16)(H2,13,14,17). The van der Waals surface area contributed by atoms with Gasteiger partial charge in [-0.3, -0.25) is 0 Å². The second-order valence-electron chi connectivity index (χ2n) is 4.08. The molecule has 2 amide bonds. The van der Waals surface area contributed by atoms with E-state index in [4.69, 9.17) is 5.11 Å². The molecule has 0 saturated heterocycles. The van der Waals surface area contributed by atoms with Crippen molar-refractivity contribution < 1.29 is 14.7 Å². The molecule has 6 nitrogen and oxygen atoms in total. The number of nitrogens with one attached hydrogen (secondary N) is 3. The fraction of sp³-hybridized carbons (Fsp3) is 0.818. The monoisotopic (exact) mass is 245 g/mol. The molecule has 1 atom stereocenters. The number of aliphatic carboxylic acids is 1. The van der Waals surface area contributed by atoms with Crippen LogP contribution in [0.1, 0.15) is 33.6 Å². The SMILES string of the molecule is CCNCCCNC(=O)NC(C)(CC)C(=O)O. The predicted molar refractivity (Wildman–Crippen MR) is 66.0 cm³/mol. The van der Waals surface area contributed by atoms with Gasteiger partial charge < -0.3 is 21.1 Å². The third-order valence-electron chi connectivity index (χ3n) is 2.63. The highest BCUT2D eigenvalue weighted by molar-refractivity contribution is 5.85. The van der Waals surface area contributed by atoms with Crippen molar-refractivity contribution in [3.63, 3.8) is 0 Å². The van der Waals surface area contributed by atoms with Crippen LogP contribution in [0.25, 0.3) is 0 Å². The van der Waals surface area contributed by atoms with Crippen molar-refractivity contribution in [3.8, 4) is 0 Å². The molecule has 0 aromatic rings. The molecule has 1 unspecified atom stereocenters. The van der Waals surface area contributed by atoms with Crippen LogP contribution in [0.2, 0.25) is 0 Å². The molecule has 0 spiro atoms. The van der Waals surface area contributed by atoms with E-state index in [1.807, 2.05) is 6.92 Å². The highest BCUT2D eigenvalue weighted by Gasteiger charge is 2.32. The fourth-order valence-corrected chi connectivity index (χ4v) is 1.18. The van der Waals surface area contributed by atoms with Crippen LogP contribution >= 0.6 is 0 Å². The van der Waals surface area contributed by atoms with Gasteiger partial charge in [-0.25, -0.2) is 9.59 Å². The quantitative estimate of drug-likeness (QED) is 0.470. The Morgan fingerprint density at radius 2 is 1.88 bits per heavy atom. The number of carboxylic acid groups (broad SMARTS) is 1. The Morgan fingerprint density at radius 3 is 2.35 bits per heavy atom. The second-order valence-corrected chi connectivity index (χ2v) is 4.08. The van der Waals surface area contributed by atoms with Crippen molar-refractivity contribution in [2.45, 2.75) is 39.2 Å². The molecule has 0 heterocycles. The van der Waals surface area contributed by atoms with Gasteiger partial charge in [-0.05, 0) is 32.9 Å². The Labute approximate surface area is 102 Å². The van der Waals surface area contributed by atoms with Gasteiger partial charge in [0.05, 0.1) is 0 Å². The Balaban J connectivity index is 3.88. The maximum absolute atomic E-state index is 11.4. The van der Waals surface area contributed by atoms with E-state index in [-0.39, 0.29) is 0 Å². The summed E-state index contributed by atoms with van der Waals surface area (Å²) in [6, 6.07) is -0.437. The van der Waals surface area contributed by atoms with Crippen molar-refractivity contribution in [2.75, 3.05) is 19.6 Å². The topological polar surface area (TPSA) is 90.5 Å². The van der Waals surface area contributed by atoms with Gasteiger partial charge in [0, 0.05) is 6.54 Å². The van der Waals surface area contributed by atoms with Gasteiger partial charge in [0.1, 0.15) is 5.54 Å². The van der Waals surface area contributed by atoms with Gasteiger partial charge in [0.2, 0.25) is 0 Å². The number of rotatable bonds is 8. The van der Waals surface area contributed by atoms with Gasteiger partial charge in [-0.15, -0.1) is 0 Å². The summed E-state index contributed by atoms with van der Waals surface area (Å²) in [5.41, 5.74) is -1.20. The largest absolute Gasteiger partial charge is 0.480 e. The molecule has 0 fully saturated rings. The highest BCUT2D eigenvalue weighted by Crippen LogP contribution is 2.08. The van der Waals surface area contributed by atoms with E-state index in [0.29, 0.717) is 13.0 Å². The molecule has 0 aliphatic heterocycles. The Kier molecular flexibility index (Phi) is 7.29. The van der Waals surface area contributed by atoms with E-state index in [0.717, 1.165) is 19.5 Å². The molecule has 0 bridgehead atoms. The predicted octanol–water partition coefficient (Wildman–Crippen LogP) is 0.539. The van der Waals surface area contributed by atoms with Crippen LogP contribution in [0.5, 0.6) is 0 Å². The highest BCUT2D eigenvalue weighted by atomic mass is 16.4. The molecule has 4 N–H and O–H groups in total. The Bertz CT molecular complexity index is 258. The number of hydrogen-bond donors (Lipinski definition) is 4. The number of hydrogen-bond acceptors (Lipinski definition) is 3. The number of carbonyl (C=O) groups is 2. The van der Waals surface area contributed by atoms with Gasteiger partial charge in [0.15, 0.2) is 0 Å². The number of carboxylic acids is 1. The summed E-state index contributed by atoms with van der Waals surface area (Å²) >= 11 is 0. The van der Waals surface area contributed by atoms with E-state index >= 15 is 0 Å². The summed E-state index contributed by atoms with van der Waals surface area (Å²) in [4.78, 5) is 22.4. The summed E-state index contributed by atoms with van der Waals surface area (Å²) in [5.74, 6) is -1.03. The van der Waals surface area contributed by atoms with Crippen LogP contribution < -0.4 is 16.0 Å². The maximum Gasteiger partial charge on any atom is 0.329 e. The summed E-state index contributed by atoms with van der Waals surface area (Å²) in [5, 5.41) is 17.2. The molecule has 6 heteroatoms. The van der Waals surface area contributed by atoms with E-state index in [9.17, 15) is 9.59 Å². The second kappa shape index (κ2) is 7.89. The zero-order valence-corrected chi connectivity index (χ0v) is 10.8. The average Bonchev–Trinajstić information content (AvgIpc) is 2.28. The van der Waals surface area contributed by atoms with Crippen molar-refractivity contribution in [3.05, 3.63) is 0 Å². The normalized spacial score (nSPS) is 13.8. The van der Waals surface area contributed by atoms with Crippen LogP contribution in [-0.4, -0.2) is 42.3 Å². The molecule has 0 saturated carbocycles. The van der Waals surface area contributed by atoms with E-state index < -0.39 is 17.5 Å². The minimum absolute atomic E-state index is 0.340. The zero-order valence-electron chi connectivity index (χ0n) is 10.8. The lowest BCUT2D eigenvalue weighted by molar-refractivity contribution is -0.143. The molecule has 0 aliphatic carbocycles. The van der Waals surface area contributed by atoms with Gasteiger partial charge >= 0.3 is 12.0 Å². The number of urea groups is 1. The van der Waals surface area contributed by atoms with Gasteiger partial charge in [-0.1, -0.05) is 13.8 Å². The van der Waals surface area contributed by atoms with Gasteiger partial charge in [0.25, 0.3) is 0 Å². The van der Waals surface area contributed by atoms with Crippen LogP contribution in [0.3, 0.4) is 0 Å². The Morgan fingerprint density at radius 1 is 1.24 bits per heavy atom.